The van der Waals surface area contributed by atoms with Gasteiger partial charge >= 0.3 is 0 Å². The Bertz CT molecular complexity index is 254. The Morgan fingerprint density at radius 1 is 1.25 bits per heavy atom. The lowest BCUT2D eigenvalue weighted by molar-refractivity contribution is 0.437. The third-order valence-corrected chi connectivity index (χ3v) is 2.79. The van der Waals surface area contributed by atoms with Crippen molar-refractivity contribution in [3.63, 3.8) is 0 Å². The Labute approximate surface area is 99.2 Å². The van der Waals surface area contributed by atoms with Crippen molar-refractivity contribution in [3.8, 4) is 0 Å². The van der Waals surface area contributed by atoms with Gasteiger partial charge in [0.15, 0.2) is 0 Å². The lowest BCUT2D eigenvalue weighted by Gasteiger charge is -2.14. The van der Waals surface area contributed by atoms with E-state index >= 15 is 0 Å². The first-order valence-electron chi connectivity index (χ1n) is 6.39. The van der Waals surface area contributed by atoms with Gasteiger partial charge in [-0.05, 0) is 44.7 Å². The molecule has 0 saturated heterocycles. The molecule has 0 amide bonds. The van der Waals surface area contributed by atoms with Crippen LogP contribution in [-0.2, 0) is 6.54 Å². The van der Waals surface area contributed by atoms with Crippen molar-refractivity contribution in [1.82, 2.24) is 15.1 Å². The fraction of sp³-hybridized carbons (Fsp3) is 0.769. The number of hydrogen-bond donors (Lipinski definition) is 1. The highest BCUT2D eigenvalue weighted by Crippen LogP contribution is 2.06. The standard InChI is InChI=1S/C13H25N3/c1-12(2)6-7-13(3)14-8-4-10-16-11-5-9-15-16/h5,9,11-14H,4,6-8,10H2,1-3H3. The lowest BCUT2D eigenvalue weighted by atomic mass is 10.0. The SMILES string of the molecule is CC(C)CCC(C)NCCCn1cccn1. The molecule has 0 aliphatic heterocycles. The molecular weight excluding hydrogens is 198 g/mol. The summed E-state index contributed by atoms with van der Waals surface area (Å²) in [5, 5.41) is 7.74. The van der Waals surface area contributed by atoms with E-state index in [9.17, 15) is 0 Å². The molecule has 3 nitrogen and oxygen atoms in total. The summed E-state index contributed by atoms with van der Waals surface area (Å²) in [5.41, 5.74) is 0. The van der Waals surface area contributed by atoms with E-state index in [0.29, 0.717) is 6.04 Å². The molecule has 0 aromatic carbocycles. The molecule has 0 radical (unpaired) electrons. The van der Waals surface area contributed by atoms with Gasteiger partial charge in [-0.3, -0.25) is 4.68 Å². The van der Waals surface area contributed by atoms with Crippen LogP contribution < -0.4 is 5.32 Å². The van der Waals surface area contributed by atoms with E-state index < -0.39 is 0 Å². The van der Waals surface area contributed by atoms with E-state index in [2.05, 4.69) is 31.2 Å². The molecule has 1 N–H and O–H groups in total. The van der Waals surface area contributed by atoms with E-state index in [1.54, 1.807) is 0 Å². The largest absolute Gasteiger partial charge is 0.314 e. The van der Waals surface area contributed by atoms with Crippen LogP contribution in [0.3, 0.4) is 0 Å². The number of aromatic nitrogens is 2. The molecule has 1 heterocycles. The zero-order valence-corrected chi connectivity index (χ0v) is 10.8. The van der Waals surface area contributed by atoms with Crippen LogP contribution in [-0.4, -0.2) is 22.4 Å². The normalized spacial score (nSPS) is 13.2. The first kappa shape index (κ1) is 13.2. The van der Waals surface area contributed by atoms with Crippen LogP contribution >= 0.6 is 0 Å². The molecule has 1 aromatic rings. The first-order chi connectivity index (χ1) is 7.68. The molecule has 1 rings (SSSR count). The van der Waals surface area contributed by atoms with Crippen molar-refractivity contribution < 1.29 is 0 Å². The summed E-state index contributed by atoms with van der Waals surface area (Å²) < 4.78 is 1.99. The molecule has 92 valence electrons. The molecule has 1 atom stereocenters. The third kappa shape index (κ3) is 5.91. The van der Waals surface area contributed by atoms with Crippen molar-refractivity contribution in [2.75, 3.05) is 6.54 Å². The van der Waals surface area contributed by atoms with Crippen LogP contribution in [0, 0.1) is 5.92 Å². The summed E-state index contributed by atoms with van der Waals surface area (Å²) in [6, 6.07) is 2.61. The van der Waals surface area contributed by atoms with E-state index in [1.165, 1.54) is 12.8 Å². The predicted octanol–water partition coefficient (Wildman–Crippen LogP) is 2.69. The number of nitrogens with zero attached hydrogens (tertiary/aromatic N) is 2. The monoisotopic (exact) mass is 223 g/mol. The maximum absolute atomic E-state index is 4.18. The van der Waals surface area contributed by atoms with Gasteiger partial charge in [0.25, 0.3) is 0 Å². The Kier molecular flexibility index (Phi) is 6.16. The molecule has 0 fully saturated rings. The first-order valence-corrected chi connectivity index (χ1v) is 6.39. The molecule has 1 unspecified atom stereocenters. The average molecular weight is 223 g/mol. The zero-order chi connectivity index (χ0) is 11.8. The molecule has 0 spiro atoms. The average Bonchev–Trinajstić information content (AvgIpc) is 2.74. The van der Waals surface area contributed by atoms with Gasteiger partial charge in [0.1, 0.15) is 0 Å². The quantitative estimate of drug-likeness (QED) is 0.687. The Hall–Kier alpha value is -0.830. The Balaban J connectivity index is 1.98. The highest BCUT2D eigenvalue weighted by atomic mass is 15.3. The minimum Gasteiger partial charge on any atom is -0.314 e. The predicted molar refractivity (Wildman–Crippen MR) is 68.4 cm³/mol. The van der Waals surface area contributed by atoms with Gasteiger partial charge in [0.2, 0.25) is 0 Å². The highest BCUT2D eigenvalue weighted by Gasteiger charge is 2.02. The van der Waals surface area contributed by atoms with Gasteiger partial charge in [-0.2, -0.15) is 5.10 Å². The minimum atomic E-state index is 0.639. The van der Waals surface area contributed by atoms with Gasteiger partial charge in [-0.15, -0.1) is 0 Å². The Morgan fingerprint density at radius 2 is 2.06 bits per heavy atom. The van der Waals surface area contributed by atoms with Gasteiger partial charge in [-0.25, -0.2) is 0 Å². The highest BCUT2D eigenvalue weighted by molar-refractivity contribution is 4.77. The van der Waals surface area contributed by atoms with Gasteiger partial charge in [0.05, 0.1) is 0 Å². The second-order valence-corrected chi connectivity index (χ2v) is 4.95. The van der Waals surface area contributed by atoms with Crippen LogP contribution in [0.2, 0.25) is 0 Å². The molecule has 3 heteroatoms. The lowest BCUT2D eigenvalue weighted by Crippen LogP contribution is -2.28. The van der Waals surface area contributed by atoms with Gasteiger partial charge < -0.3 is 5.32 Å². The van der Waals surface area contributed by atoms with Crippen LogP contribution in [0.5, 0.6) is 0 Å². The molecule has 0 aliphatic carbocycles. The molecule has 0 saturated carbocycles. The number of rotatable bonds is 8. The summed E-state index contributed by atoms with van der Waals surface area (Å²) in [4.78, 5) is 0. The summed E-state index contributed by atoms with van der Waals surface area (Å²) in [5.74, 6) is 0.813. The second kappa shape index (κ2) is 7.44. The topological polar surface area (TPSA) is 29.9 Å². The summed E-state index contributed by atoms with van der Waals surface area (Å²) in [7, 11) is 0. The van der Waals surface area contributed by atoms with Crippen LogP contribution in [0.1, 0.15) is 40.0 Å². The fourth-order valence-corrected chi connectivity index (χ4v) is 1.71. The zero-order valence-electron chi connectivity index (χ0n) is 10.8. The van der Waals surface area contributed by atoms with Gasteiger partial charge in [-0.1, -0.05) is 13.8 Å². The summed E-state index contributed by atoms with van der Waals surface area (Å²) >= 11 is 0. The number of aryl methyl sites for hydroxylation is 1. The Morgan fingerprint density at radius 3 is 2.69 bits per heavy atom. The number of hydrogen-bond acceptors (Lipinski definition) is 2. The maximum Gasteiger partial charge on any atom is 0.0489 e. The van der Waals surface area contributed by atoms with Crippen molar-refractivity contribution >= 4 is 0 Å². The second-order valence-electron chi connectivity index (χ2n) is 4.95. The van der Waals surface area contributed by atoms with E-state index in [1.807, 2.05) is 23.1 Å². The number of nitrogens with one attached hydrogen (secondary N) is 1. The molecule has 1 aromatic heterocycles. The van der Waals surface area contributed by atoms with Crippen LogP contribution in [0.15, 0.2) is 18.5 Å². The minimum absolute atomic E-state index is 0.639. The van der Waals surface area contributed by atoms with E-state index in [0.717, 1.165) is 25.4 Å². The van der Waals surface area contributed by atoms with Crippen molar-refractivity contribution in [1.29, 1.82) is 0 Å². The summed E-state index contributed by atoms with van der Waals surface area (Å²) in [6.45, 7) is 8.93. The maximum atomic E-state index is 4.18. The summed E-state index contributed by atoms with van der Waals surface area (Å²) in [6.07, 6.45) is 7.58. The smallest absolute Gasteiger partial charge is 0.0489 e. The molecular formula is C13H25N3. The fourth-order valence-electron chi connectivity index (χ4n) is 1.71. The third-order valence-electron chi connectivity index (χ3n) is 2.79. The molecule has 0 bridgehead atoms. The van der Waals surface area contributed by atoms with Gasteiger partial charge in [0, 0.05) is 25.0 Å². The van der Waals surface area contributed by atoms with Crippen molar-refractivity contribution in [2.45, 2.75) is 52.6 Å². The van der Waals surface area contributed by atoms with Crippen LogP contribution in [0.4, 0.5) is 0 Å². The van der Waals surface area contributed by atoms with E-state index in [4.69, 9.17) is 0 Å². The molecule has 16 heavy (non-hydrogen) atoms. The molecule has 0 aliphatic rings. The van der Waals surface area contributed by atoms with Crippen molar-refractivity contribution in [2.24, 2.45) is 5.92 Å². The van der Waals surface area contributed by atoms with E-state index in [-0.39, 0.29) is 0 Å². The van der Waals surface area contributed by atoms with Crippen LogP contribution in [0.25, 0.3) is 0 Å². The van der Waals surface area contributed by atoms with Crippen molar-refractivity contribution in [3.05, 3.63) is 18.5 Å².